The van der Waals surface area contributed by atoms with E-state index in [1.807, 2.05) is 55.5 Å². The molecule has 0 saturated carbocycles. The van der Waals surface area contributed by atoms with Gasteiger partial charge in [0, 0.05) is 23.5 Å². The molecule has 0 atom stereocenters. The fourth-order valence-electron chi connectivity index (χ4n) is 2.78. The number of carbonyl (C=O) groups is 2. The number of carbonyl (C=O) groups excluding carboxylic acids is 2. The lowest BCUT2D eigenvalue weighted by molar-refractivity contribution is -0.116. The molecule has 154 valence electrons. The van der Waals surface area contributed by atoms with Gasteiger partial charge >= 0.3 is 0 Å². The molecule has 0 unspecified atom stereocenters. The Morgan fingerprint density at radius 3 is 2.13 bits per heavy atom. The first-order valence-electron chi connectivity index (χ1n) is 9.89. The maximum atomic E-state index is 12.2. The summed E-state index contributed by atoms with van der Waals surface area (Å²) < 4.78 is 5.74. The molecule has 3 aromatic rings. The molecule has 3 rings (SSSR count). The van der Waals surface area contributed by atoms with E-state index < -0.39 is 0 Å². The second-order valence-electron chi connectivity index (χ2n) is 6.72. The predicted molar refractivity (Wildman–Crippen MR) is 120 cm³/mol. The van der Waals surface area contributed by atoms with E-state index in [-0.39, 0.29) is 18.4 Å². The van der Waals surface area contributed by atoms with E-state index in [2.05, 4.69) is 16.0 Å². The molecule has 2 amide bonds. The van der Waals surface area contributed by atoms with Crippen molar-refractivity contribution >= 4 is 28.9 Å². The highest BCUT2D eigenvalue weighted by Gasteiger charge is 2.05. The van der Waals surface area contributed by atoms with Crippen molar-refractivity contribution in [1.82, 2.24) is 0 Å². The smallest absolute Gasteiger partial charge is 0.243 e. The van der Waals surface area contributed by atoms with Crippen LogP contribution in [0.3, 0.4) is 0 Å². The Morgan fingerprint density at radius 1 is 0.733 bits per heavy atom. The van der Waals surface area contributed by atoms with Gasteiger partial charge in [-0.25, -0.2) is 0 Å². The van der Waals surface area contributed by atoms with Gasteiger partial charge in [-0.2, -0.15) is 0 Å². The van der Waals surface area contributed by atoms with Crippen LogP contribution in [0.5, 0.6) is 11.5 Å². The Kier molecular flexibility index (Phi) is 7.44. The summed E-state index contributed by atoms with van der Waals surface area (Å²) in [5, 5.41) is 8.75. The third-order valence-electron chi connectivity index (χ3n) is 4.19. The second kappa shape index (κ2) is 10.7. The molecule has 0 spiro atoms. The number of para-hydroxylation sites is 1. The summed E-state index contributed by atoms with van der Waals surface area (Å²) >= 11 is 0. The topological polar surface area (TPSA) is 79.5 Å². The van der Waals surface area contributed by atoms with Gasteiger partial charge in [-0.15, -0.1) is 0 Å². The van der Waals surface area contributed by atoms with Gasteiger partial charge < -0.3 is 20.7 Å². The molecule has 0 aliphatic rings. The summed E-state index contributed by atoms with van der Waals surface area (Å²) in [4.78, 5) is 23.9. The van der Waals surface area contributed by atoms with E-state index in [1.54, 1.807) is 30.3 Å². The molecule has 0 bridgehead atoms. The lowest BCUT2D eigenvalue weighted by Crippen LogP contribution is -2.21. The second-order valence-corrected chi connectivity index (χ2v) is 6.72. The van der Waals surface area contributed by atoms with Gasteiger partial charge in [0.1, 0.15) is 11.5 Å². The van der Waals surface area contributed by atoms with Crippen molar-refractivity contribution in [1.29, 1.82) is 0 Å². The van der Waals surface area contributed by atoms with Crippen molar-refractivity contribution in [2.45, 2.75) is 19.8 Å². The Hall–Kier alpha value is -3.80. The van der Waals surface area contributed by atoms with E-state index in [4.69, 9.17) is 4.74 Å². The van der Waals surface area contributed by atoms with Crippen molar-refractivity contribution in [3.05, 3.63) is 78.9 Å². The van der Waals surface area contributed by atoms with Gasteiger partial charge in [-0.1, -0.05) is 31.2 Å². The first kappa shape index (κ1) is 20.9. The number of ether oxygens (including phenoxy) is 1. The van der Waals surface area contributed by atoms with Gasteiger partial charge in [0.05, 0.1) is 6.54 Å². The monoisotopic (exact) mass is 403 g/mol. The maximum absolute atomic E-state index is 12.2. The first-order chi connectivity index (χ1) is 14.6. The lowest BCUT2D eigenvalue weighted by Gasteiger charge is -2.11. The Labute approximate surface area is 176 Å². The van der Waals surface area contributed by atoms with Crippen LogP contribution in [0.1, 0.15) is 19.8 Å². The van der Waals surface area contributed by atoms with Crippen molar-refractivity contribution in [2.24, 2.45) is 0 Å². The van der Waals surface area contributed by atoms with Crippen LogP contribution in [0.2, 0.25) is 0 Å². The number of benzene rings is 3. The molecule has 0 fully saturated rings. The molecule has 6 nitrogen and oxygen atoms in total. The molecule has 3 aromatic carbocycles. The SMILES string of the molecule is CCCC(=O)Nc1cccc(NCC(=O)Nc2ccc(Oc3ccccc3)cc2)c1. The molecular formula is C24H25N3O3. The third-order valence-corrected chi connectivity index (χ3v) is 4.19. The number of rotatable bonds is 9. The molecule has 0 aromatic heterocycles. The van der Waals surface area contributed by atoms with Gasteiger partial charge in [0.25, 0.3) is 0 Å². The highest BCUT2D eigenvalue weighted by molar-refractivity contribution is 5.94. The van der Waals surface area contributed by atoms with Crippen molar-refractivity contribution in [3.8, 4) is 11.5 Å². The zero-order valence-electron chi connectivity index (χ0n) is 16.9. The highest BCUT2D eigenvalue weighted by atomic mass is 16.5. The van der Waals surface area contributed by atoms with E-state index in [0.717, 1.165) is 17.9 Å². The quantitative estimate of drug-likeness (QED) is 0.455. The van der Waals surface area contributed by atoms with Crippen molar-refractivity contribution in [3.63, 3.8) is 0 Å². The summed E-state index contributed by atoms with van der Waals surface area (Å²) in [6.45, 7) is 2.06. The average molecular weight is 403 g/mol. The van der Waals surface area contributed by atoms with Crippen LogP contribution < -0.4 is 20.7 Å². The summed E-state index contributed by atoms with van der Waals surface area (Å²) in [5.74, 6) is 1.25. The molecule has 0 aliphatic heterocycles. The van der Waals surface area contributed by atoms with Gasteiger partial charge in [-0.05, 0) is 61.0 Å². The summed E-state index contributed by atoms with van der Waals surface area (Å²) in [7, 11) is 0. The average Bonchev–Trinajstić information content (AvgIpc) is 2.75. The van der Waals surface area contributed by atoms with E-state index in [0.29, 0.717) is 23.5 Å². The minimum absolute atomic E-state index is 0.0212. The fraction of sp³-hybridized carbons (Fsp3) is 0.167. The number of amides is 2. The molecule has 0 heterocycles. The van der Waals surface area contributed by atoms with Crippen molar-refractivity contribution < 1.29 is 14.3 Å². The molecule has 30 heavy (non-hydrogen) atoms. The Bertz CT molecular complexity index is 973. The molecular weight excluding hydrogens is 378 g/mol. The molecule has 3 N–H and O–H groups in total. The van der Waals surface area contributed by atoms with Gasteiger partial charge in [0.2, 0.25) is 11.8 Å². The van der Waals surface area contributed by atoms with Crippen LogP contribution in [-0.4, -0.2) is 18.4 Å². The highest BCUT2D eigenvalue weighted by Crippen LogP contribution is 2.22. The minimum Gasteiger partial charge on any atom is -0.457 e. The number of nitrogens with one attached hydrogen (secondary N) is 3. The summed E-state index contributed by atoms with van der Waals surface area (Å²) in [5.41, 5.74) is 2.14. The minimum atomic E-state index is -0.174. The molecule has 6 heteroatoms. The zero-order chi connectivity index (χ0) is 21.2. The first-order valence-corrected chi connectivity index (χ1v) is 9.89. The van der Waals surface area contributed by atoms with Crippen LogP contribution in [0.15, 0.2) is 78.9 Å². The van der Waals surface area contributed by atoms with Crippen LogP contribution >= 0.6 is 0 Å². The van der Waals surface area contributed by atoms with E-state index in [1.165, 1.54) is 0 Å². The van der Waals surface area contributed by atoms with Crippen LogP contribution in [0.4, 0.5) is 17.1 Å². The zero-order valence-corrected chi connectivity index (χ0v) is 16.9. The van der Waals surface area contributed by atoms with Gasteiger partial charge in [0.15, 0.2) is 0 Å². The largest absolute Gasteiger partial charge is 0.457 e. The number of hydrogen-bond acceptors (Lipinski definition) is 4. The molecule has 0 radical (unpaired) electrons. The van der Waals surface area contributed by atoms with Gasteiger partial charge in [-0.3, -0.25) is 9.59 Å². The van der Waals surface area contributed by atoms with E-state index in [9.17, 15) is 9.59 Å². The Morgan fingerprint density at radius 2 is 1.40 bits per heavy atom. The lowest BCUT2D eigenvalue weighted by atomic mass is 10.2. The standard InChI is InChI=1S/C24H25N3O3/c1-2-7-23(28)27-20-9-6-8-19(16-20)25-17-24(29)26-18-12-14-22(15-13-18)30-21-10-4-3-5-11-21/h3-6,8-16,25H,2,7,17H2,1H3,(H,26,29)(H,27,28). The number of anilines is 3. The normalized spacial score (nSPS) is 10.2. The van der Waals surface area contributed by atoms with Crippen LogP contribution in [-0.2, 0) is 9.59 Å². The number of hydrogen-bond donors (Lipinski definition) is 3. The fourth-order valence-corrected chi connectivity index (χ4v) is 2.78. The molecule has 0 aliphatic carbocycles. The molecule has 0 saturated heterocycles. The summed E-state index contributed by atoms with van der Waals surface area (Å²) in [6.07, 6.45) is 1.28. The third kappa shape index (κ3) is 6.67. The van der Waals surface area contributed by atoms with Crippen molar-refractivity contribution in [2.75, 3.05) is 22.5 Å². The maximum Gasteiger partial charge on any atom is 0.243 e. The summed E-state index contributed by atoms with van der Waals surface area (Å²) in [6, 6.07) is 24.0. The predicted octanol–water partition coefficient (Wildman–Crippen LogP) is 5.27. The van der Waals surface area contributed by atoms with E-state index >= 15 is 0 Å². The Balaban J connectivity index is 1.48. The van der Waals surface area contributed by atoms with Crippen LogP contribution in [0.25, 0.3) is 0 Å². The van der Waals surface area contributed by atoms with Crippen LogP contribution in [0, 0.1) is 0 Å².